The van der Waals surface area contributed by atoms with Crippen LogP contribution in [0.5, 0.6) is 5.75 Å². The van der Waals surface area contributed by atoms with Crippen LogP contribution < -0.4 is 16.4 Å². The van der Waals surface area contributed by atoms with E-state index in [1.807, 2.05) is 51.1 Å². The largest absolute Gasteiger partial charge is 0.508 e. The Hall–Kier alpha value is -4.08. The molecule has 2 aromatic rings. The second kappa shape index (κ2) is 14.4. The van der Waals surface area contributed by atoms with E-state index in [-0.39, 0.29) is 29.9 Å². The first kappa shape index (κ1) is 35.1. The van der Waals surface area contributed by atoms with Gasteiger partial charge < -0.3 is 31.1 Å². The second-order valence-corrected chi connectivity index (χ2v) is 13.3. The van der Waals surface area contributed by atoms with Gasteiger partial charge in [0.05, 0.1) is 0 Å². The lowest BCUT2D eigenvalue weighted by atomic mass is 9.84. The van der Waals surface area contributed by atoms with Crippen molar-refractivity contribution in [1.82, 2.24) is 15.5 Å². The molecule has 0 unspecified atom stereocenters. The molecule has 3 atom stereocenters. The van der Waals surface area contributed by atoms with Gasteiger partial charge in [0.1, 0.15) is 29.5 Å². The van der Waals surface area contributed by atoms with Crippen LogP contribution in [0.25, 0.3) is 0 Å². The number of likely N-dealkylation sites (N-methyl/N-ethyl adjacent to an activating group) is 1. The lowest BCUT2D eigenvalue weighted by Crippen LogP contribution is -2.59. The number of hydrogen-bond acceptors (Lipinski definition) is 6. The Bertz CT molecular complexity index is 1280. The molecule has 0 aliphatic carbocycles. The Balaban J connectivity index is 2.31. The first-order chi connectivity index (χ1) is 19.8. The fourth-order valence-corrected chi connectivity index (χ4v) is 4.83. The zero-order valence-corrected chi connectivity index (χ0v) is 26.9. The number of hydrogen-bond donors (Lipinski definition) is 4. The number of benzene rings is 2. The minimum absolute atomic E-state index is 0.101. The van der Waals surface area contributed by atoms with Gasteiger partial charge in [-0.05, 0) is 54.9 Å². The first-order valence-corrected chi connectivity index (χ1v) is 14.5. The van der Waals surface area contributed by atoms with Gasteiger partial charge in [0.15, 0.2) is 0 Å². The molecule has 10 heteroatoms. The van der Waals surface area contributed by atoms with Gasteiger partial charge >= 0.3 is 6.09 Å². The molecule has 0 aliphatic heterocycles. The van der Waals surface area contributed by atoms with Crippen LogP contribution in [0.4, 0.5) is 4.79 Å². The van der Waals surface area contributed by atoms with Gasteiger partial charge in [-0.1, -0.05) is 77.1 Å². The maximum Gasteiger partial charge on any atom is 0.408 e. The molecule has 0 bridgehead atoms. The van der Waals surface area contributed by atoms with Crippen molar-refractivity contribution in [3.8, 4) is 5.75 Å². The van der Waals surface area contributed by atoms with Crippen molar-refractivity contribution in [2.75, 3.05) is 7.05 Å². The molecule has 0 spiro atoms. The number of carbonyl (C=O) groups is 4. The quantitative estimate of drug-likeness (QED) is 0.310. The summed E-state index contributed by atoms with van der Waals surface area (Å²) in [5.74, 6) is -1.99. The van der Waals surface area contributed by atoms with Gasteiger partial charge in [0, 0.05) is 19.9 Å². The van der Waals surface area contributed by atoms with Crippen molar-refractivity contribution in [3.63, 3.8) is 0 Å². The van der Waals surface area contributed by atoms with Crippen molar-refractivity contribution in [3.05, 3.63) is 65.2 Å². The zero-order valence-electron chi connectivity index (χ0n) is 26.9. The molecule has 0 saturated heterocycles. The lowest BCUT2D eigenvalue weighted by Gasteiger charge is -2.34. The Morgan fingerprint density at radius 3 is 1.98 bits per heavy atom. The molecule has 10 nitrogen and oxygen atoms in total. The second-order valence-electron chi connectivity index (χ2n) is 13.3. The van der Waals surface area contributed by atoms with E-state index in [4.69, 9.17) is 10.5 Å². The van der Waals surface area contributed by atoms with Gasteiger partial charge in [-0.3, -0.25) is 14.4 Å². The number of phenols is 1. The van der Waals surface area contributed by atoms with Crippen molar-refractivity contribution in [2.24, 2.45) is 11.7 Å². The smallest absolute Gasteiger partial charge is 0.408 e. The molecule has 2 aromatic carbocycles. The number of nitrogens with two attached hydrogens (primary N) is 1. The Morgan fingerprint density at radius 2 is 1.47 bits per heavy atom. The summed E-state index contributed by atoms with van der Waals surface area (Å²) in [7, 11) is 1.50. The summed E-state index contributed by atoms with van der Waals surface area (Å²) in [6.45, 7) is 14.6. The number of ether oxygens (including phenoxy) is 1. The van der Waals surface area contributed by atoms with Crippen LogP contribution in [0.15, 0.2) is 48.5 Å². The van der Waals surface area contributed by atoms with Crippen LogP contribution in [-0.4, -0.2) is 64.6 Å². The summed E-state index contributed by atoms with van der Waals surface area (Å²) in [5, 5.41) is 15.7. The molecular weight excluding hydrogens is 548 g/mol. The Kier molecular flexibility index (Phi) is 11.8. The summed E-state index contributed by atoms with van der Waals surface area (Å²) in [6, 6.07) is 11.2. The molecule has 0 fully saturated rings. The number of carbonyl (C=O) groups excluding carboxylic acids is 4. The number of nitrogens with zero attached hydrogens (tertiary/aromatic N) is 1. The molecule has 2 rings (SSSR count). The van der Waals surface area contributed by atoms with Crippen molar-refractivity contribution in [2.45, 2.75) is 97.4 Å². The standard InChI is InChI=1S/C33H48N4O6/c1-20(2)27(29(40)35-24(28(34)39)19-22-15-16-26(38)23(17-22)32(3,4)5)37(9)30(41)25(18-21-13-11-10-12-14-21)36-31(42)43-33(6,7)8/h10-17,20,24-25,27,38H,18-19H2,1-9H3,(H2,34,39)(H,35,40)(H,36,42)/t24-,25-,27-/m0/s1. The van der Waals surface area contributed by atoms with Crippen LogP contribution in [0, 0.1) is 5.92 Å². The molecule has 0 saturated carbocycles. The van der Waals surface area contributed by atoms with Crippen LogP contribution >= 0.6 is 0 Å². The normalized spacial score (nSPS) is 13.9. The minimum Gasteiger partial charge on any atom is -0.508 e. The third-order valence-electron chi connectivity index (χ3n) is 6.91. The van der Waals surface area contributed by atoms with E-state index in [0.717, 1.165) is 5.56 Å². The van der Waals surface area contributed by atoms with Crippen LogP contribution in [0.2, 0.25) is 0 Å². The summed E-state index contributed by atoms with van der Waals surface area (Å²) >= 11 is 0. The molecular formula is C33H48N4O6. The lowest BCUT2D eigenvalue weighted by molar-refractivity contribution is -0.142. The van der Waals surface area contributed by atoms with Gasteiger partial charge in [0.25, 0.3) is 0 Å². The van der Waals surface area contributed by atoms with E-state index in [9.17, 15) is 24.3 Å². The molecule has 5 N–H and O–H groups in total. The van der Waals surface area contributed by atoms with Crippen molar-refractivity contribution in [1.29, 1.82) is 0 Å². The van der Waals surface area contributed by atoms with E-state index >= 15 is 0 Å². The molecule has 43 heavy (non-hydrogen) atoms. The zero-order chi connectivity index (χ0) is 32.7. The van der Waals surface area contributed by atoms with E-state index in [2.05, 4.69) is 10.6 Å². The number of phenolic OH excluding ortho intramolecular Hbond substituents is 1. The van der Waals surface area contributed by atoms with E-state index < -0.39 is 47.5 Å². The Morgan fingerprint density at radius 1 is 0.884 bits per heavy atom. The minimum atomic E-state index is -1.06. The number of primary amides is 1. The average Bonchev–Trinajstić information content (AvgIpc) is 2.87. The maximum atomic E-state index is 13.8. The number of alkyl carbamates (subject to hydrolysis) is 1. The first-order valence-electron chi connectivity index (χ1n) is 14.5. The summed E-state index contributed by atoms with van der Waals surface area (Å²) in [6.07, 6.45) is -0.474. The van der Waals surface area contributed by atoms with Crippen LogP contribution in [0.1, 0.15) is 72.1 Å². The fraction of sp³-hybridized carbons (Fsp3) is 0.515. The van der Waals surface area contributed by atoms with E-state index in [1.54, 1.807) is 52.8 Å². The fourth-order valence-electron chi connectivity index (χ4n) is 4.83. The van der Waals surface area contributed by atoms with Gasteiger partial charge in [-0.15, -0.1) is 0 Å². The molecule has 0 heterocycles. The summed E-state index contributed by atoms with van der Waals surface area (Å²) in [4.78, 5) is 53.9. The van der Waals surface area contributed by atoms with Crippen molar-refractivity contribution < 1.29 is 29.0 Å². The van der Waals surface area contributed by atoms with E-state index in [1.165, 1.54) is 11.9 Å². The van der Waals surface area contributed by atoms with Gasteiger partial charge in [-0.2, -0.15) is 0 Å². The highest BCUT2D eigenvalue weighted by atomic mass is 16.6. The molecule has 4 amide bonds. The van der Waals surface area contributed by atoms with Crippen molar-refractivity contribution >= 4 is 23.8 Å². The SMILES string of the molecule is CC(C)[C@@H](C(=O)N[C@@H](Cc1ccc(O)c(C(C)(C)C)c1)C(N)=O)N(C)C(=O)[C@H](Cc1ccccc1)NC(=O)OC(C)(C)C. The average molecular weight is 597 g/mol. The molecule has 0 radical (unpaired) electrons. The van der Waals surface area contributed by atoms with Crippen LogP contribution in [-0.2, 0) is 37.4 Å². The molecule has 0 aromatic heterocycles. The molecule has 236 valence electrons. The number of rotatable bonds is 11. The third kappa shape index (κ3) is 10.6. The highest BCUT2D eigenvalue weighted by Crippen LogP contribution is 2.31. The monoisotopic (exact) mass is 596 g/mol. The summed E-state index contributed by atoms with van der Waals surface area (Å²) in [5.41, 5.74) is 6.80. The predicted molar refractivity (Wildman–Crippen MR) is 166 cm³/mol. The third-order valence-corrected chi connectivity index (χ3v) is 6.91. The highest BCUT2D eigenvalue weighted by Gasteiger charge is 2.36. The number of nitrogens with one attached hydrogen (secondary N) is 2. The van der Waals surface area contributed by atoms with E-state index in [0.29, 0.717) is 11.1 Å². The van der Waals surface area contributed by atoms with Crippen LogP contribution in [0.3, 0.4) is 0 Å². The topological polar surface area (TPSA) is 151 Å². The number of aromatic hydroxyl groups is 1. The van der Waals surface area contributed by atoms with Gasteiger partial charge in [0.2, 0.25) is 17.7 Å². The predicted octanol–water partition coefficient (Wildman–Crippen LogP) is 3.82. The highest BCUT2D eigenvalue weighted by molar-refractivity contribution is 5.93. The maximum absolute atomic E-state index is 13.8. The number of amides is 4. The molecule has 0 aliphatic rings. The van der Waals surface area contributed by atoms with Gasteiger partial charge in [-0.25, -0.2) is 4.79 Å². The summed E-state index contributed by atoms with van der Waals surface area (Å²) < 4.78 is 5.40. The Labute approximate surface area is 255 Å².